The van der Waals surface area contributed by atoms with Crippen molar-refractivity contribution in [1.29, 1.82) is 0 Å². The molecule has 1 aliphatic heterocycles. The van der Waals surface area contributed by atoms with Gasteiger partial charge in [-0.3, -0.25) is 14.5 Å². The Hall–Kier alpha value is -2.61. The normalized spacial score (nSPS) is 13.2. The maximum Gasteiger partial charge on any atom is 0.410 e. The molecule has 0 aromatic heterocycles. The fourth-order valence-corrected chi connectivity index (χ4v) is 3.43. The summed E-state index contributed by atoms with van der Waals surface area (Å²) in [6, 6.07) is 6.80. The van der Waals surface area contributed by atoms with Crippen LogP contribution < -0.4 is 0 Å². The van der Waals surface area contributed by atoms with Gasteiger partial charge in [-0.25, -0.2) is 4.79 Å². The van der Waals surface area contributed by atoms with Gasteiger partial charge in [-0.05, 0) is 32.9 Å². The average Bonchev–Trinajstić information content (AvgIpc) is 3.15. The minimum atomic E-state index is -0.516. The highest BCUT2D eigenvalue weighted by atomic mass is 16.6. The number of fused-ring (bicyclic) bond motifs is 1. The molecule has 0 bridgehead atoms. The molecule has 1 heterocycles. The molecule has 0 fully saturated rings. The number of ether oxygens (including phenoxy) is 7. The predicted octanol–water partition coefficient (Wildman–Crippen LogP) is 2.25. The van der Waals surface area contributed by atoms with Crippen LogP contribution in [0.1, 0.15) is 41.5 Å². The Bertz CT molecular complexity index is 870. The van der Waals surface area contributed by atoms with Crippen LogP contribution in [-0.2, 0) is 33.2 Å². The van der Waals surface area contributed by atoms with Crippen LogP contribution in [0.4, 0.5) is 4.79 Å². The second-order valence-electron chi connectivity index (χ2n) is 9.88. The molecule has 40 heavy (non-hydrogen) atoms. The first-order valence-corrected chi connectivity index (χ1v) is 13.6. The Morgan fingerprint density at radius 1 is 0.675 bits per heavy atom. The van der Waals surface area contributed by atoms with Crippen molar-refractivity contribution in [2.24, 2.45) is 0 Å². The first-order chi connectivity index (χ1) is 19.2. The van der Waals surface area contributed by atoms with E-state index in [2.05, 4.69) is 0 Å². The van der Waals surface area contributed by atoms with E-state index in [4.69, 9.17) is 33.2 Å². The minimum Gasteiger partial charge on any atom is -0.444 e. The van der Waals surface area contributed by atoms with E-state index in [9.17, 15) is 14.4 Å². The van der Waals surface area contributed by atoms with Gasteiger partial charge in [0.1, 0.15) is 5.60 Å². The summed E-state index contributed by atoms with van der Waals surface area (Å²) in [5, 5.41) is 0. The number of likely N-dealkylation sites (N-methyl/N-ethyl adjacent to an activating group) is 1. The zero-order chi connectivity index (χ0) is 29.2. The summed E-state index contributed by atoms with van der Waals surface area (Å²) in [4.78, 5) is 39.1. The fourth-order valence-electron chi connectivity index (χ4n) is 3.43. The molecule has 0 saturated carbocycles. The lowest BCUT2D eigenvalue weighted by molar-refractivity contribution is -0.0183. The predicted molar refractivity (Wildman–Crippen MR) is 146 cm³/mol. The molecule has 226 valence electrons. The number of carbonyl (C=O) groups excluding carboxylic acids is 3. The molecule has 12 heteroatoms. The Labute approximate surface area is 236 Å². The second-order valence-corrected chi connectivity index (χ2v) is 9.88. The van der Waals surface area contributed by atoms with E-state index in [-0.39, 0.29) is 31.1 Å². The Morgan fingerprint density at radius 2 is 1.05 bits per heavy atom. The van der Waals surface area contributed by atoms with E-state index in [1.165, 1.54) is 9.80 Å². The van der Waals surface area contributed by atoms with Crippen LogP contribution in [0.5, 0.6) is 0 Å². The zero-order valence-corrected chi connectivity index (χ0v) is 24.2. The van der Waals surface area contributed by atoms with E-state index in [1.807, 2.05) is 20.8 Å². The van der Waals surface area contributed by atoms with Crippen LogP contribution in [0.25, 0.3) is 0 Å². The van der Waals surface area contributed by atoms with Crippen LogP contribution in [0.3, 0.4) is 0 Å². The summed E-state index contributed by atoms with van der Waals surface area (Å²) in [5.74, 6) is -0.561. The van der Waals surface area contributed by atoms with E-state index in [0.717, 1.165) is 0 Å². The van der Waals surface area contributed by atoms with Gasteiger partial charge in [-0.15, -0.1) is 0 Å². The quantitative estimate of drug-likeness (QED) is 0.161. The van der Waals surface area contributed by atoms with Crippen LogP contribution in [0.2, 0.25) is 0 Å². The number of nitrogens with zero attached hydrogens (tertiary/aromatic N) is 2. The Balaban J connectivity index is 1.28. The third kappa shape index (κ3) is 13.2. The molecule has 0 N–H and O–H groups in total. The van der Waals surface area contributed by atoms with Gasteiger partial charge in [0.15, 0.2) is 0 Å². The number of hydrogen-bond donors (Lipinski definition) is 0. The summed E-state index contributed by atoms with van der Waals surface area (Å²) in [5.41, 5.74) is 0.363. The molecule has 0 unspecified atom stereocenters. The van der Waals surface area contributed by atoms with Crippen molar-refractivity contribution < 1.29 is 47.5 Å². The molecule has 1 aliphatic rings. The maximum atomic E-state index is 12.3. The molecule has 0 aliphatic carbocycles. The van der Waals surface area contributed by atoms with Gasteiger partial charge >= 0.3 is 6.09 Å². The second kappa shape index (κ2) is 18.7. The highest BCUT2D eigenvalue weighted by Crippen LogP contribution is 2.21. The number of imide groups is 1. The highest BCUT2D eigenvalue weighted by molar-refractivity contribution is 6.21. The number of benzene rings is 1. The van der Waals surface area contributed by atoms with Crippen molar-refractivity contribution in [2.75, 3.05) is 99.4 Å². The van der Waals surface area contributed by atoms with Crippen molar-refractivity contribution in [1.82, 2.24) is 9.80 Å². The number of rotatable bonds is 21. The van der Waals surface area contributed by atoms with Gasteiger partial charge in [-0.2, -0.15) is 0 Å². The molecule has 0 saturated heterocycles. The lowest BCUT2D eigenvalue weighted by atomic mass is 10.1. The molecule has 3 amide bonds. The molecule has 2 rings (SSSR count). The van der Waals surface area contributed by atoms with E-state index < -0.39 is 5.60 Å². The van der Waals surface area contributed by atoms with E-state index >= 15 is 0 Å². The number of hydrogen-bond acceptors (Lipinski definition) is 10. The average molecular weight is 569 g/mol. The number of amides is 3. The lowest BCUT2D eigenvalue weighted by Gasteiger charge is -2.24. The summed E-state index contributed by atoms with van der Waals surface area (Å²) >= 11 is 0. The SMILES string of the molecule is CN(CCOCCOCCOCCOCCOCCOCCN1C(=O)c2ccccc2C1=O)C(=O)OC(C)(C)C. The molecule has 1 aromatic carbocycles. The molecular weight excluding hydrogens is 524 g/mol. The van der Waals surface area contributed by atoms with Crippen molar-refractivity contribution >= 4 is 17.9 Å². The van der Waals surface area contributed by atoms with Crippen LogP contribution in [0.15, 0.2) is 24.3 Å². The van der Waals surface area contributed by atoms with Gasteiger partial charge in [0.05, 0.1) is 97.0 Å². The van der Waals surface area contributed by atoms with Gasteiger partial charge in [0.2, 0.25) is 0 Å². The molecule has 0 radical (unpaired) electrons. The molecule has 1 aromatic rings. The summed E-state index contributed by atoms with van der Waals surface area (Å²) in [7, 11) is 1.67. The van der Waals surface area contributed by atoms with Crippen molar-refractivity contribution in [3.8, 4) is 0 Å². The highest BCUT2D eigenvalue weighted by Gasteiger charge is 2.34. The van der Waals surface area contributed by atoms with Crippen molar-refractivity contribution in [3.63, 3.8) is 0 Å². The largest absolute Gasteiger partial charge is 0.444 e. The van der Waals surface area contributed by atoms with E-state index in [1.54, 1.807) is 31.3 Å². The van der Waals surface area contributed by atoms with Crippen LogP contribution in [-0.4, -0.2) is 133 Å². The third-order valence-corrected chi connectivity index (χ3v) is 5.47. The first kappa shape index (κ1) is 33.6. The molecular formula is C28H44N2O10. The van der Waals surface area contributed by atoms with Gasteiger partial charge in [-0.1, -0.05) is 12.1 Å². The Morgan fingerprint density at radius 3 is 1.45 bits per heavy atom. The van der Waals surface area contributed by atoms with Crippen LogP contribution >= 0.6 is 0 Å². The van der Waals surface area contributed by atoms with Gasteiger partial charge in [0.25, 0.3) is 11.8 Å². The van der Waals surface area contributed by atoms with Crippen molar-refractivity contribution in [2.45, 2.75) is 26.4 Å². The van der Waals surface area contributed by atoms with Gasteiger partial charge in [0, 0.05) is 13.6 Å². The summed E-state index contributed by atoms with van der Waals surface area (Å²) in [6.45, 7) is 11.1. The molecule has 12 nitrogen and oxygen atoms in total. The molecule has 0 atom stereocenters. The molecule has 0 spiro atoms. The lowest BCUT2D eigenvalue weighted by Crippen LogP contribution is -2.36. The van der Waals surface area contributed by atoms with E-state index in [0.29, 0.717) is 90.3 Å². The van der Waals surface area contributed by atoms with Crippen molar-refractivity contribution in [3.05, 3.63) is 35.4 Å². The monoisotopic (exact) mass is 568 g/mol. The number of carbonyl (C=O) groups is 3. The summed E-state index contributed by atoms with van der Waals surface area (Å²) in [6.07, 6.45) is -0.373. The minimum absolute atomic E-state index is 0.212. The topological polar surface area (TPSA) is 122 Å². The summed E-state index contributed by atoms with van der Waals surface area (Å²) < 4.78 is 38.0. The smallest absolute Gasteiger partial charge is 0.410 e. The maximum absolute atomic E-state index is 12.3. The third-order valence-electron chi connectivity index (χ3n) is 5.47. The Kier molecular flexibility index (Phi) is 15.7. The standard InChI is InChI=1S/C28H44N2O10/c1-28(2,3)40-27(33)29(4)9-11-34-13-15-36-17-19-38-21-22-39-20-18-37-16-14-35-12-10-30-25(31)23-7-5-6-8-24(23)26(30)32/h5-8H,9-22H2,1-4H3. The fraction of sp³-hybridized carbons (Fsp3) is 0.679. The van der Waals surface area contributed by atoms with Crippen LogP contribution in [0, 0.1) is 0 Å². The first-order valence-electron chi connectivity index (χ1n) is 13.6. The zero-order valence-electron chi connectivity index (χ0n) is 24.2. The van der Waals surface area contributed by atoms with Gasteiger partial charge < -0.3 is 38.1 Å².